The minimum atomic E-state index is -1.41. The highest BCUT2D eigenvalue weighted by molar-refractivity contribution is 6.69. The Morgan fingerprint density at radius 2 is 1.30 bits per heavy atom. The van der Waals surface area contributed by atoms with Gasteiger partial charge in [0.15, 0.2) is 8.32 Å². The summed E-state index contributed by atoms with van der Waals surface area (Å²) in [6.45, 7) is 9.08. The fraction of sp³-hybridized carbons (Fsp3) is 1.00. The second-order valence-electron chi connectivity index (χ2n) is 6.95. The molecular weight excluding hydrogens is 284 g/mol. The van der Waals surface area contributed by atoms with Crippen LogP contribution in [-0.2, 0) is 4.43 Å². The topological polar surface area (TPSA) is 9.23 Å². The van der Waals surface area contributed by atoms with Crippen LogP contribution in [0.15, 0.2) is 0 Å². The van der Waals surface area contributed by atoms with Gasteiger partial charge in [0, 0.05) is 12.0 Å². The number of hydrogen-bond donors (Lipinski definition) is 0. The van der Waals surface area contributed by atoms with Crippen molar-refractivity contribution >= 4 is 19.9 Å². The predicted octanol–water partition coefficient (Wildman–Crippen LogP) is 6.76. The average Bonchev–Trinajstić information content (AvgIpc) is 2.35. The molecule has 0 saturated carbocycles. The van der Waals surface area contributed by atoms with E-state index < -0.39 is 8.32 Å². The fourth-order valence-electron chi connectivity index (χ4n) is 2.57. The summed E-state index contributed by atoms with van der Waals surface area (Å²) in [6, 6.07) is 0. The summed E-state index contributed by atoms with van der Waals surface area (Å²) in [5.74, 6) is 0.729. The molecule has 20 heavy (non-hydrogen) atoms. The normalized spacial score (nSPS) is 13.7. The van der Waals surface area contributed by atoms with Crippen LogP contribution in [0.1, 0.15) is 77.6 Å². The largest absolute Gasteiger partial charge is 0.415 e. The third-order valence-corrected chi connectivity index (χ3v) is 4.84. The molecular formula is C17H37ClOSi. The van der Waals surface area contributed by atoms with E-state index in [1.165, 1.54) is 64.2 Å². The van der Waals surface area contributed by atoms with Gasteiger partial charge in [0.25, 0.3) is 0 Å². The van der Waals surface area contributed by atoms with Crippen LogP contribution in [0.2, 0.25) is 19.6 Å². The number of alkyl halides is 1. The summed E-state index contributed by atoms with van der Waals surface area (Å²) >= 11 is 5.88. The second kappa shape index (κ2) is 13.2. The Kier molecular flexibility index (Phi) is 13.5. The Balaban J connectivity index is 3.49. The third-order valence-electron chi connectivity index (χ3n) is 3.58. The molecule has 0 rings (SSSR count). The Morgan fingerprint density at radius 1 is 0.800 bits per heavy atom. The molecule has 0 amide bonds. The van der Waals surface area contributed by atoms with E-state index in [4.69, 9.17) is 16.0 Å². The summed E-state index contributed by atoms with van der Waals surface area (Å²) in [4.78, 5) is 0. The molecule has 122 valence electrons. The van der Waals surface area contributed by atoms with Crippen molar-refractivity contribution in [1.29, 1.82) is 0 Å². The van der Waals surface area contributed by atoms with E-state index >= 15 is 0 Å². The van der Waals surface area contributed by atoms with Crippen LogP contribution in [0, 0.1) is 0 Å². The lowest BCUT2D eigenvalue weighted by Gasteiger charge is -2.26. The average molecular weight is 321 g/mol. The van der Waals surface area contributed by atoms with Gasteiger partial charge in [0.2, 0.25) is 0 Å². The van der Waals surface area contributed by atoms with Crippen LogP contribution in [0.25, 0.3) is 0 Å². The van der Waals surface area contributed by atoms with Crippen LogP contribution < -0.4 is 0 Å². The standard InChI is InChI=1S/C17H37ClOSi/c1-5-6-7-8-9-10-11-12-13-14-17(15-16-18)19-20(2,3)4/h17H,5-16H2,1-4H3/t17-/m1/s1. The lowest BCUT2D eigenvalue weighted by atomic mass is 10.0. The number of unbranched alkanes of at least 4 members (excludes halogenated alkanes) is 8. The molecule has 0 N–H and O–H groups in total. The lowest BCUT2D eigenvalue weighted by molar-refractivity contribution is 0.176. The van der Waals surface area contributed by atoms with E-state index in [0.29, 0.717) is 6.10 Å². The molecule has 0 aromatic carbocycles. The Labute approximate surface area is 133 Å². The maximum atomic E-state index is 6.20. The highest BCUT2D eigenvalue weighted by Gasteiger charge is 2.20. The number of hydrogen-bond acceptors (Lipinski definition) is 1. The van der Waals surface area contributed by atoms with Gasteiger partial charge in [-0.25, -0.2) is 0 Å². The lowest BCUT2D eigenvalue weighted by Crippen LogP contribution is -2.32. The van der Waals surface area contributed by atoms with E-state index in [2.05, 4.69) is 26.6 Å². The highest BCUT2D eigenvalue weighted by atomic mass is 35.5. The van der Waals surface area contributed by atoms with Gasteiger partial charge in [-0.1, -0.05) is 64.7 Å². The zero-order valence-electron chi connectivity index (χ0n) is 14.3. The van der Waals surface area contributed by atoms with Crippen molar-refractivity contribution in [3.8, 4) is 0 Å². The molecule has 3 heteroatoms. The molecule has 0 aliphatic carbocycles. The van der Waals surface area contributed by atoms with Crippen molar-refractivity contribution in [3.63, 3.8) is 0 Å². The summed E-state index contributed by atoms with van der Waals surface area (Å²) < 4.78 is 6.20. The first-order chi connectivity index (χ1) is 9.49. The first kappa shape index (κ1) is 20.5. The molecule has 0 aromatic heterocycles. The first-order valence-corrected chi connectivity index (χ1v) is 12.7. The van der Waals surface area contributed by atoms with Crippen molar-refractivity contribution in [3.05, 3.63) is 0 Å². The van der Waals surface area contributed by atoms with E-state index in [1.807, 2.05) is 0 Å². The van der Waals surface area contributed by atoms with Crippen LogP contribution in [0.4, 0.5) is 0 Å². The minimum absolute atomic E-state index is 0.406. The highest BCUT2D eigenvalue weighted by Crippen LogP contribution is 2.18. The molecule has 1 atom stereocenters. The van der Waals surface area contributed by atoms with Gasteiger partial charge >= 0.3 is 0 Å². The summed E-state index contributed by atoms with van der Waals surface area (Å²) in [5, 5.41) is 0. The fourth-order valence-corrected chi connectivity index (χ4v) is 4.05. The SMILES string of the molecule is CCCCCCCCCCC[C@H](CCCl)O[Si](C)(C)C. The van der Waals surface area contributed by atoms with E-state index in [0.717, 1.165) is 12.3 Å². The van der Waals surface area contributed by atoms with Gasteiger partial charge in [-0.3, -0.25) is 0 Å². The number of halogens is 1. The van der Waals surface area contributed by atoms with Crippen LogP contribution in [-0.4, -0.2) is 20.3 Å². The van der Waals surface area contributed by atoms with Gasteiger partial charge in [-0.2, -0.15) is 0 Å². The van der Waals surface area contributed by atoms with Crippen molar-refractivity contribution in [2.75, 3.05) is 5.88 Å². The molecule has 0 saturated heterocycles. The first-order valence-electron chi connectivity index (χ1n) is 8.73. The van der Waals surface area contributed by atoms with E-state index in [9.17, 15) is 0 Å². The van der Waals surface area contributed by atoms with Crippen LogP contribution >= 0.6 is 11.6 Å². The number of rotatable bonds is 14. The molecule has 0 radical (unpaired) electrons. The molecule has 0 aliphatic rings. The Hall–Kier alpha value is 0.467. The van der Waals surface area contributed by atoms with Gasteiger partial charge < -0.3 is 4.43 Å². The molecule has 1 nitrogen and oxygen atoms in total. The molecule has 0 aromatic rings. The quantitative estimate of drug-likeness (QED) is 0.195. The third kappa shape index (κ3) is 14.9. The van der Waals surface area contributed by atoms with E-state index in [-0.39, 0.29) is 0 Å². The molecule has 0 heterocycles. The van der Waals surface area contributed by atoms with Crippen molar-refractivity contribution in [1.82, 2.24) is 0 Å². The molecule has 0 unspecified atom stereocenters. The van der Waals surface area contributed by atoms with Gasteiger partial charge in [-0.15, -0.1) is 11.6 Å². The molecule has 0 fully saturated rings. The molecule has 0 bridgehead atoms. The summed E-state index contributed by atoms with van der Waals surface area (Å²) in [5.41, 5.74) is 0. The molecule has 0 spiro atoms. The Morgan fingerprint density at radius 3 is 1.75 bits per heavy atom. The predicted molar refractivity (Wildman–Crippen MR) is 95.4 cm³/mol. The monoisotopic (exact) mass is 320 g/mol. The van der Waals surface area contributed by atoms with Crippen molar-refractivity contribution in [2.45, 2.75) is 103 Å². The smallest absolute Gasteiger partial charge is 0.184 e. The molecule has 0 aliphatic heterocycles. The van der Waals surface area contributed by atoms with Gasteiger partial charge in [-0.05, 0) is 32.5 Å². The maximum absolute atomic E-state index is 6.20. The van der Waals surface area contributed by atoms with Gasteiger partial charge in [0.05, 0.1) is 0 Å². The van der Waals surface area contributed by atoms with Crippen LogP contribution in [0.3, 0.4) is 0 Å². The van der Waals surface area contributed by atoms with Crippen molar-refractivity contribution < 1.29 is 4.43 Å². The summed E-state index contributed by atoms with van der Waals surface area (Å²) in [7, 11) is -1.41. The minimum Gasteiger partial charge on any atom is -0.415 e. The zero-order valence-corrected chi connectivity index (χ0v) is 16.1. The summed E-state index contributed by atoms with van der Waals surface area (Å²) in [6.07, 6.45) is 15.1. The van der Waals surface area contributed by atoms with Crippen LogP contribution in [0.5, 0.6) is 0 Å². The second-order valence-corrected chi connectivity index (χ2v) is 11.8. The van der Waals surface area contributed by atoms with E-state index in [1.54, 1.807) is 0 Å². The van der Waals surface area contributed by atoms with Gasteiger partial charge in [0.1, 0.15) is 0 Å². The zero-order chi connectivity index (χ0) is 15.3. The maximum Gasteiger partial charge on any atom is 0.184 e. The Bertz CT molecular complexity index is 204. The van der Waals surface area contributed by atoms with Crippen molar-refractivity contribution in [2.24, 2.45) is 0 Å².